The number of nitrogens with one attached hydrogen (secondary N) is 1. The maximum atomic E-state index is 12.3. The number of carbonyl (C=O) groups excluding carboxylic acids is 1. The number of ether oxygens (including phenoxy) is 4. The molecule has 0 fully saturated rings. The van der Waals surface area contributed by atoms with Crippen molar-refractivity contribution < 1.29 is 28.1 Å². The second kappa shape index (κ2) is 10.5. The lowest BCUT2D eigenvalue weighted by Gasteiger charge is -2.15. The number of rotatable bonds is 8. The predicted molar refractivity (Wildman–Crippen MR) is 124 cm³/mol. The van der Waals surface area contributed by atoms with Crippen LogP contribution >= 0.6 is 0 Å². The Morgan fingerprint density at radius 3 is 2.59 bits per heavy atom. The Kier molecular flexibility index (Phi) is 7.02. The monoisotopic (exact) mass is 463 g/mol. The summed E-state index contributed by atoms with van der Waals surface area (Å²) in [6.45, 7) is 0.926. The Morgan fingerprint density at radius 2 is 1.82 bits per heavy atom. The van der Waals surface area contributed by atoms with Gasteiger partial charge < -0.3 is 24.3 Å². The molecule has 8 nitrogen and oxygen atoms in total. The number of carbonyl (C=O) groups is 1. The molecule has 0 aliphatic carbocycles. The first kappa shape index (κ1) is 22.8. The summed E-state index contributed by atoms with van der Waals surface area (Å²) < 4.78 is 33.2. The van der Waals surface area contributed by atoms with E-state index in [0.717, 1.165) is 11.1 Å². The Bertz CT molecular complexity index is 1300. The van der Waals surface area contributed by atoms with E-state index >= 15 is 0 Å². The van der Waals surface area contributed by atoms with Gasteiger partial charge in [-0.25, -0.2) is 19.2 Å². The summed E-state index contributed by atoms with van der Waals surface area (Å²) in [6.07, 6.45) is 0.259. The van der Waals surface area contributed by atoms with Crippen molar-refractivity contribution in [3.8, 4) is 17.2 Å². The van der Waals surface area contributed by atoms with Crippen molar-refractivity contribution >= 4 is 28.6 Å². The van der Waals surface area contributed by atoms with Crippen molar-refractivity contribution in [3.05, 3.63) is 78.1 Å². The number of methoxy groups -OCH3 is 1. The van der Waals surface area contributed by atoms with Crippen LogP contribution in [-0.4, -0.2) is 30.1 Å². The average Bonchev–Trinajstić information content (AvgIpc) is 2.84. The summed E-state index contributed by atoms with van der Waals surface area (Å²) in [4.78, 5) is 20.3. The van der Waals surface area contributed by atoms with Gasteiger partial charge >= 0.3 is 6.16 Å². The van der Waals surface area contributed by atoms with Crippen LogP contribution in [0.25, 0.3) is 10.9 Å². The van der Waals surface area contributed by atoms with Gasteiger partial charge in [-0.05, 0) is 36.2 Å². The molecule has 34 heavy (non-hydrogen) atoms. The first-order valence-electron chi connectivity index (χ1n) is 10.3. The number of alkyl halides is 1. The van der Waals surface area contributed by atoms with Gasteiger partial charge in [0.1, 0.15) is 18.8 Å². The lowest BCUT2D eigenvalue weighted by molar-refractivity contribution is 0.0612. The van der Waals surface area contributed by atoms with E-state index < -0.39 is 13.0 Å². The number of halogens is 1. The number of hydrogen-bond donors (Lipinski definition) is 1. The van der Waals surface area contributed by atoms with Crippen molar-refractivity contribution in [2.75, 3.05) is 19.3 Å². The molecule has 0 atom stereocenters. The minimum atomic E-state index is -1.28. The van der Waals surface area contributed by atoms with Crippen molar-refractivity contribution in [1.82, 2.24) is 9.97 Å². The van der Waals surface area contributed by atoms with Crippen molar-refractivity contribution in [3.63, 3.8) is 0 Å². The molecule has 0 aliphatic heterocycles. The first-order chi connectivity index (χ1) is 16.6. The van der Waals surface area contributed by atoms with Gasteiger partial charge in [0.15, 0.2) is 17.2 Å². The highest BCUT2D eigenvalue weighted by molar-refractivity contribution is 5.93. The Balaban J connectivity index is 1.65. The molecular formula is C25H22FN3O5. The lowest BCUT2D eigenvalue weighted by atomic mass is 10.1. The molecule has 174 valence electrons. The van der Waals surface area contributed by atoms with E-state index in [1.165, 1.54) is 6.33 Å². The fourth-order valence-electron chi connectivity index (χ4n) is 3.28. The number of benzene rings is 3. The van der Waals surface area contributed by atoms with E-state index in [-0.39, 0.29) is 5.75 Å². The first-order valence-corrected chi connectivity index (χ1v) is 10.3. The molecule has 0 aliphatic rings. The summed E-state index contributed by atoms with van der Waals surface area (Å²) in [7, 11) is 1.55. The van der Waals surface area contributed by atoms with E-state index in [0.29, 0.717) is 40.5 Å². The quantitative estimate of drug-likeness (QED) is 0.262. The molecule has 0 unspecified atom stereocenters. The van der Waals surface area contributed by atoms with Crippen LogP contribution in [0.15, 0.2) is 67.0 Å². The number of hydrogen-bond acceptors (Lipinski definition) is 8. The lowest BCUT2D eigenvalue weighted by Crippen LogP contribution is -2.11. The topological polar surface area (TPSA) is 91.8 Å². The highest BCUT2D eigenvalue weighted by atomic mass is 19.1. The Morgan fingerprint density at radius 1 is 1.00 bits per heavy atom. The maximum Gasteiger partial charge on any atom is 0.516 e. The van der Waals surface area contributed by atoms with E-state index in [1.807, 2.05) is 43.3 Å². The van der Waals surface area contributed by atoms with Crippen LogP contribution in [0.4, 0.5) is 20.7 Å². The minimum Gasteiger partial charge on any atom is -0.493 e. The normalized spacial score (nSPS) is 10.6. The van der Waals surface area contributed by atoms with Crippen LogP contribution in [0.2, 0.25) is 0 Å². The third-order valence-corrected chi connectivity index (χ3v) is 4.91. The van der Waals surface area contributed by atoms with Crippen LogP contribution in [0.3, 0.4) is 0 Å². The Labute approximate surface area is 195 Å². The molecule has 0 bridgehead atoms. The van der Waals surface area contributed by atoms with Gasteiger partial charge in [-0.3, -0.25) is 0 Å². The third kappa shape index (κ3) is 5.32. The van der Waals surface area contributed by atoms with E-state index in [2.05, 4.69) is 20.0 Å². The maximum absolute atomic E-state index is 12.3. The summed E-state index contributed by atoms with van der Waals surface area (Å²) in [5.74, 6) is 1.66. The van der Waals surface area contributed by atoms with Crippen LogP contribution in [0, 0.1) is 6.92 Å². The summed E-state index contributed by atoms with van der Waals surface area (Å²) in [6, 6.07) is 18.5. The second-order valence-electron chi connectivity index (χ2n) is 7.25. The number of anilines is 2. The molecule has 0 saturated carbocycles. The van der Waals surface area contributed by atoms with Crippen LogP contribution in [0.5, 0.6) is 17.2 Å². The van der Waals surface area contributed by atoms with E-state index in [9.17, 15) is 9.18 Å². The second-order valence-corrected chi connectivity index (χ2v) is 7.25. The summed E-state index contributed by atoms with van der Waals surface area (Å²) >= 11 is 0. The van der Waals surface area contributed by atoms with Crippen LogP contribution < -0.4 is 19.5 Å². The summed E-state index contributed by atoms with van der Waals surface area (Å²) in [5.41, 5.74) is 2.91. The average molecular weight is 463 g/mol. The molecule has 4 aromatic rings. The SMILES string of the molecule is COc1cc2c(Nc3ccc(C)cc3OC(=O)OCF)ncnc2cc1OCc1ccccc1. The fraction of sp³-hybridized carbons (Fsp3) is 0.160. The third-order valence-electron chi connectivity index (χ3n) is 4.91. The largest absolute Gasteiger partial charge is 0.516 e. The molecule has 1 heterocycles. The zero-order valence-corrected chi connectivity index (χ0v) is 18.6. The zero-order chi connectivity index (χ0) is 23.9. The van der Waals surface area contributed by atoms with Crippen molar-refractivity contribution in [1.29, 1.82) is 0 Å². The molecule has 0 saturated heterocycles. The molecule has 3 aromatic carbocycles. The van der Waals surface area contributed by atoms with E-state index in [4.69, 9.17) is 14.2 Å². The van der Waals surface area contributed by atoms with Gasteiger partial charge in [0.25, 0.3) is 0 Å². The van der Waals surface area contributed by atoms with Crippen molar-refractivity contribution in [2.24, 2.45) is 0 Å². The smallest absolute Gasteiger partial charge is 0.493 e. The number of nitrogens with zero attached hydrogens (tertiary/aromatic N) is 2. The van der Waals surface area contributed by atoms with Gasteiger partial charge in [0, 0.05) is 11.5 Å². The van der Waals surface area contributed by atoms with E-state index in [1.54, 1.807) is 31.4 Å². The predicted octanol–water partition coefficient (Wildman–Crippen LogP) is 5.71. The minimum absolute atomic E-state index is 0.167. The molecular weight excluding hydrogens is 441 g/mol. The number of aromatic nitrogens is 2. The van der Waals surface area contributed by atoms with Crippen LogP contribution in [-0.2, 0) is 11.3 Å². The zero-order valence-electron chi connectivity index (χ0n) is 18.6. The van der Waals surface area contributed by atoms with Gasteiger partial charge in [-0.1, -0.05) is 36.4 Å². The molecule has 9 heteroatoms. The summed E-state index contributed by atoms with van der Waals surface area (Å²) in [5, 5.41) is 3.80. The van der Waals surface area contributed by atoms with Crippen LogP contribution in [0.1, 0.15) is 11.1 Å². The molecule has 1 aromatic heterocycles. The van der Waals surface area contributed by atoms with Gasteiger partial charge in [-0.2, -0.15) is 0 Å². The highest BCUT2D eigenvalue weighted by Crippen LogP contribution is 2.36. The van der Waals surface area contributed by atoms with Gasteiger partial charge in [0.05, 0.1) is 18.3 Å². The number of aryl methyl sites for hydroxylation is 1. The fourth-order valence-corrected chi connectivity index (χ4v) is 3.28. The standard InChI is InChI=1S/C25H22FN3O5/c1-16-8-9-19(21(10-16)34-25(30)33-14-26)29-24-18-11-22(31-2)23(12-20(18)27-15-28-24)32-13-17-6-4-3-5-7-17/h3-12,15H,13-14H2,1-2H3,(H,27,28,29). The highest BCUT2D eigenvalue weighted by Gasteiger charge is 2.15. The molecule has 4 rings (SSSR count). The number of fused-ring (bicyclic) bond motifs is 1. The molecule has 0 amide bonds. The Hall–Kier alpha value is -4.40. The molecule has 0 spiro atoms. The van der Waals surface area contributed by atoms with Crippen molar-refractivity contribution in [2.45, 2.75) is 13.5 Å². The van der Waals surface area contributed by atoms with Gasteiger partial charge in [-0.15, -0.1) is 0 Å². The molecule has 1 N–H and O–H groups in total. The molecule has 0 radical (unpaired) electrons. The van der Waals surface area contributed by atoms with Gasteiger partial charge in [0.2, 0.25) is 6.86 Å².